The van der Waals surface area contributed by atoms with E-state index in [0.29, 0.717) is 15.6 Å². The molecule has 0 atom stereocenters. The highest BCUT2D eigenvalue weighted by Crippen LogP contribution is 2.41. The molecule has 0 aliphatic heterocycles. The lowest BCUT2D eigenvalue weighted by molar-refractivity contribution is 0.0601. The Morgan fingerprint density at radius 1 is 0.969 bits per heavy atom. The number of aryl methyl sites for hydroxylation is 1. The van der Waals surface area contributed by atoms with Crippen LogP contribution in [0.3, 0.4) is 0 Å². The van der Waals surface area contributed by atoms with E-state index >= 15 is 0 Å². The Hall–Kier alpha value is -2.59. The predicted octanol–water partition coefficient (Wildman–Crippen LogP) is 4.15. The molecule has 172 valence electrons. The van der Waals surface area contributed by atoms with Gasteiger partial charge in [-0.2, -0.15) is 0 Å². The number of fused-ring (bicyclic) bond motifs is 1. The number of nitrogens with one attached hydrogen (secondary N) is 2. The SMILES string of the molecule is COC(=O)c1c(NC(=O)c2sc(NC3CCCCC3)c(C(N)=O)c2N)sc2c1CCCC2. The number of thiophene rings is 2. The van der Waals surface area contributed by atoms with E-state index in [1.807, 2.05) is 0 Å². The van der Waals surface area contributed by atoms with Crippen molar-refractivity contribution < 1.29 is 19.1 Å². The van der Waals surface area contributed by atoms with Crippen LogP contribution in [0.4, 0.5) is 15.7 Å². The maximum absolute atomic E-state index is 13.2. The molecule has 0 aromatic carbocycles. The lowest BCUT2D eigenvalue weighted by atomic mass is 9.95. The van der Waals surface area contributed by atoms with Gasteiger partial charge < -0.3 is 26.8 Å². The van der Waals surface area contributed by atoms with E-state index in [2.05, 4.69) is 10.6 Å². The van der Waals surface area contributed by atoms with E-state index in [0.717, 1.165) is 73.1 Å². The molecule has 0 unspecified atom stereocenters. The molecular weight excluding hydrogens is 448 g/mol. The minimum atomic E-state index is -0.669. The molecule has 2 aromatic rings. The van der Waals surface area contributed by atoms with Crippen LogP contribution in [0.1, 0.15) is 85.8 Å². The van der Waals surface area contributed by atoms with Crippen molar-refractivity contribution in [1.82, 2.24) is 0 Å². The number of esters is 1. The van der Waals surface area contributed by atoms with E-state index in [4.69, 9.17) is 16.2 Å². The first-order valence-corrected chi connectivity index (χ1v) is 12.6. The number of amides is 2. The zero-order chi connectivity index (χ0) is 22.8. The lowest BCUT2D eigenvalue weighted by Crippen LogP contribution is -2.23. The van der Waals surface area contributed by atoms with Gasteiger partial charge in [0.25, 0.3) is 11.8 Å². The summed E-state index contributed by atoms with van der Waals surface area (Å²) in [4.78, 5) is 39.1. The van der Waals surface area contributed by atoms with Gasteiger partial charge in [0.2, 0.25) is 0 Å². The highest BCUT2D eigenvalue weighted by atomic mass is 32.1. The van der Waals surface area contributed by atoms with Crippen molar-refractivity contribution in [3.8, 4) is 0 Å². The number of nitrogens with two attached hydrogens (primary N) is 2. The van der Waals surface area contributed by atoms with Crippen LogP contribution in [-0.4, -0.2) is 30.9 Å². The Labute approximate surface area is 194 Å². The number of carbonyl (C=O) groups is 3. The first-order valence-electron chi connectivity index (χ1n) is 10.9. The first kappa shape index (κ1) is 22.6. The molecule has 4 rings (SSSR count). The second-order valence-electron chi connectivity index (χ2n) is 8.25. The fraction of sp³-hybridized carbons (Fsp3) is 0.500. The van der Waals surface area contributed by atoms with Crippen molar-refractivity contribution in [2.24, 2.45) is 5.73 Å². The van der Waals surface area contributed by atoms with Crippen LogP contribution in [0.25, 0.3) is 0 Å². The quantitative estimate of drug-likeness (QED) is 0.462. The van der Waals surface area contributed by atoms with Crippen molar-refractivity contribution >= 4 is 56.1 Å². The zero-order valence-corrected chi connectivity index (χ0v) is 19.7. The minimum absolute atomic E-state index is 0.0687. The molecule has 2 heterocycles. The molecule has 8 nitrogen and oxygen atoms in total. The standard InChI is InChI=1S/C22H28N4O4S2/c1-30-22(29)14-12-9-5-6-10-13(12)31-20(14)26-19(28)17-16(23)15(18(24)27)21(32-17)25-11-7-3-2-4-8-11/h11,25H,2-10,23H2,1H3,(H2,24,27)(H,26,28). The Bertz CT molecular complexity index is 1050. The zero-order valence-electron chi connectivity index (χ0n) is 18.0. The van der Waals surface area contributed by atoms with Crippen LogP contribution < -0.4 is 22.1 Å². The Morgan fingerprint density at radius 3 is 2.38 bits per heavy atom. The molecule has 10 heteroatoms. The van der Waals surface area contributed by atoms with Gasteiger partial charge in [0.15, 0.2) is 0 Å². The Balaban J connectivity index is 1.64. The molecule has 2 aliphatic rings. The monoisotopic (exact) mass is 476 g/mol. The van der Waals surface area contributed by atoms with Crippen molar-refractivity contribution in [3.05, 3.63) is 26.4 Å². The second-order valence-corrected chi connectivity index (χ2v) is 10.4. The van der Waals surface area contributed by atoms with Crippen LogP contribution >= 0.6 is 22.7 Å². The van der Waals surface area contributed by atoms with Gasteiger partial charge in [-0.1, -0.05) is 19.3 Å². The van der Waals surface area contributed by atoms with Crippen molar-refractivity contribution in [2.45, 2.75) is 63.8 Å². The number of nitrogen functional groups attached to an aromatic ring is 1. The molecule has 1 saturated carbocycles. The first-order chi connectivity index (χ1) is 15.4. The molecule has 6 N–H and O–H groups in total. The topological polar surface area (TPSA) is 137 Å². The average molecular weight is 477 g/mol. The summed E-state index contributed by atoms with van der Waals surface area (Å²) in [5.41, 5.74) is 13.4. The number of methoxy groups -OCH3 is 1. The summed E-state index contributed by atoms with van der Waals surface area (Å²) in [5, 5.41) is 7.22. The second kappa shape index (κ2) is 9.50. The van der Waals surface area contributed by atoms with Gasteiger partial charge in [0.05, 0.1) is 23.9 Å². The summed E-state index contributed by atoms with van der Waals surface area (Å²) < 4.78 is 4.97. The Morgan fingerprint density at radius 2 is 1.69 bits per heavy atom. The van der Waals surface area contributed by atoms with Gasteiger partial charge in [-0.05, 0) is 44.1 Å². The molecule has 0 saturated heterocycles. The summed E-state index contributed by atoms with van der Waals surface area (Å²) in [6, 6.07) is 0.228. The number of hydrogen-bond acceptors (Lipinski definition) is 8. The molecule has 2 amide bonds. The van der Waals surface area contributed by atoms with E-state index in [-0.39, 0.29) is 22.2 Å². The summed E-state index contributed by atoms with van der Waals surface area (Å²) in [6.45, 7) is 0. The summed E-state index contributed by atoms with van der Waals surface area (Å²) in [5.74, 6) is -1.59. The normalized spacial score (nSPS) is 16.3. The van der Waals surface area contributed by atoms with Gasteiger partial charge in [0, 0.05) is 10.9 Å². The van der Waals surface area contributed by atoms with E-state index in [1.54, 1.807) is 0 Å². The fourth-order valence-corrected chi connectivity index (χ4v) is 6.89. The molecular formula is C22H28N4O4S2. The van der Waals surface area contributed by atoms with Gasteiger partial charge >= 0.3 is 5.97 Å². The average Bonchev–Trinajstić information content (AvgIpc) is 3.30. The molecule has 1 fully saturated rings. The van der Waals surface area contributed by atoms with Crippen LogP contribution in [0, 0.1) is 0 Å². The number of hydrogen-bond donors (Lipinski definition) is 4. The number of carbonyl (C=O) groups excluding carboxylic acids is 3. The fourth-order valence-electron chi connectivity index (χ4n) is 4.52. The third-order valence-electron chi connectivity index (χ3n) is 6.13. The molecule has 0 spiro atoms. The highest BCUT2D eigenvalue weighted by Gasteiger charge is 2.30. The summed E-state index contributed by atoms with van der Waals surface area (Å²) >= 11 is 2.53. The van der Waals surface area contributed by atoms with Crippen LogP contribution in [0.2, 0.25) is 0 Å². The number of rotatable bonds is 6. The summed E-state index contributed by atoms with van der Waals surface area (Å²) in [7, 11) is 1.33. The third kappa shape index (κ3) is 4.33. The van der Waals surface area contributed by atoms with Crippen molar-refractivity contribution in [3.63, 3.8) is 0 Å². The predicted molar refractivity (Wildman–Crippen MR) is 128 cm³/mol. The lowest BCUT2D eigenvalue weighted by Gasteiger charge is -2.23. The molecule has 32 heavy (non-hydrogen) atoms. The smallest absolute Gasteiger partial charge is 0.341 e. The number of primary amides is 1. The third-order valence-corrected chi connectivity index (χ3v) is 8.47. The molecule has 2 aliphatic carbocycles. The van der Waals surface area contributed by atoms with Gasteiger partial charge in [-0.25, -0.2) is 4.79 Å². The maximum Gasteiger partial charge on any atom is 0.341 e. The van der Waals surface area contributed by atoms with Gasteiger partial charge in [-0.15, -0.1) is 22.7 Å². The maximum atomic E-state index is 13.2. The molecule has 0 radical (unpaired) electrons. The van der Waals surface area contributed by atoms with E-state index < -0.39 is 17.8 Å². The summed E-state index contributed by atoms with van der Waals surface area (Å²) in [6.07, 6.45) is 9.16. The number of anilines is 3. The molecule has 0 bridgehead atoms. The van der Waals surface area contributed by atoms with E-state index in [9.17, 15) is 14.4 Å². The largest absolute Gasteiger partial charge is 0.465 e. The van der Waals surface area contributed by atoms with Gasteiger partial charge in [-0.3, -0.25) is 9.59 Å². The Kier molecular flexibility index (Phi) is 6.71. The van der Waals surface area contributed by atoms with Crippen LogP contribution in [0.15, 0.2) is 0 Å². The van der Waals surface area contributed by atoms with Crippen molar-refractivity contribution in [2.75, 3.05) is 23.5 Å². The number of ether oxygens (including phenoxy) is 1. The highest BCUT2D eigenvalue weighted by molar-refractivity contribution is 7.19. The van der Waals surface area contributed by atoms with Gasteiger partial charge in [0.1, 0.15) is 14.9 Å². The van der Waals surface area contributed by atoms with Crippen LogP contribution in [-0.2, 0) is 17.6 Å². The molecule has 2 aromatic heterocycles. The van der Waals surface area contributed by atoms with E-state index in [1.165, 1.54) is 24.9 Å². The van der Waals surface area contributed by atoms with Crippen LogP contribution in [0.5, 0.6) is 0 Å². The minimum Gasteiger partial charge on any atom is -0.465 e. The van der Waals surface area contributed by atoms with Crippen molar-refractivity contribution in [1.29, 1.82) is 0 Å².